The fourth-order valence-corrected chi connectivity index (χ4v) is 6.87. The normalized spacial score (nSPS) is 27.5. The molecule has 0 amide bonds. The first kappa shape index (κ1) is 21.4. The number of anilines is 2. The summed E-state index contributed by atoms with van der Waals surface area (Å²) in [4.78, 5) is 21.6. The van der Waals surface area contributed by atoms with Crippen LogP contribution in [0.2, 0.25) is 5.02 Å². The smallest absolute Gasteiger partial charge is 0.228 e. The average Bonchev–Trinajstić information content (AvgIpc) is 2.98. The number of hydrogen-bond acceptors (Lipinski definition) is 8. The highest BCUT2D eigenvalue weighted by Crippen LogP contribution is 2.44. The van der Waals surface area contributed by atoms with Gasteiger partial charge in [0.2, 0.25) is 5.95 Å². The number of nitrogens with zero attached hydrogens (tertiary/aromatic N) is 5. The minimum Gasteiger partial charge on any atom is -0.394 e. The van der Waals surface area contributed by atoms with Crippen LogP contribution in [0.3, 0.4) is 0 Å². The van der Waals surface area contributed by atoms with Crippen molar-refractivity contribution < 1.29 is 9.32 Å². The quantitative estimate of drug-likeness (QED) is 0.664. The lowest BCUT2D eigenvalue weighted by atomic mass is 9.77. The first-order chi connectivity index (χ1) is 16.0. The van der Waals surface area contributed by atoms with E-state index in [-0.39, 0.29) is 24.2 Å². The van der Waals surface area contributed by atoms with Crippen molar-refractivity contribution in [3.63, 3.8) is 0 Å². The summed E-state index contributed by atoms with van der Waals surface area (Å²) in [7, 11) is -1.13. The number of fused-ring (bicyclic) bond motifs is 2. The maximum Gasteiger partial charge on any atom is 0.228 e. The van der Waals surface area contributed by atoms with Crippen molar-refractivity contribution in [2.45, 2.75) is 73.9 Å². The third kappa shape index (κ3) is 3.74. The molecule has 10 heteroatoms. The monoisotopic (exact) mass is 486 g/mol. The van der Waals surface area contributed by atoms with E-state index in [4.69, 9.17) is 21.6 Å². The van der Waals surface area contributed by atoms with Gasteiger partial charge in [0.05, 0.1) is 39.7 Å². The predicted octanol–water partition coefficient (Wildman–Crippen LogP) is 3.13. The van der Waals surface area contributed by atoms with Gasteiger partial charge in [-0.2, -0.15) is 4.98 Å². The van der Waals surface area contributed by atoms with Crippen LogP contribution in [0.5, 0.6) is 0 Å². The van der Waals surface area contributed by atoms with Crippen LogP contribution in [0.15, 0.2) is 23.4 Å². The molecule has 8 nitrogen and oxygen atoms in total. The molecule has 2 aliphatic carbocycles. The molecule has 0 spiro atoms. The molecule has 5 heterocycles. The van der Waals surface area contributed by atoms with Crippen molar-refractivity contribution in [2.24, 2.45) is 0 Å². The van der Waals surface area contributed by atoms with E-state index in [0.29, 0.717) is 22.5 Å². The molecular formula is C23H27ClN6O2S. The van der Waals surface area contributed by atoms with Gasteiger partial charge in [0.25, 0.3) is 0 Å². The molecule has 2 aromatic heterocycles. The largest absolute Gasteiger partial charge is 0.394 e. The van der Waals surface area contributed by atoms with E-state index in [9.17, 15) is 9.32 Å². The number of hydrogen-bond donors (Lipinski definition) is 2. The van der Waals surface area contributed by atoms with Gasteiger partial charge in [-0.05, 0) is 56.9 Å². The summed E-state index contributed by atoms with van der Waals surface area (Å²) in [5.74, 6) is 2.71. The molecule has 2 aromatic rings. The summed E-state index contributed by atoms with van der Waals surface area (Å²) in [6.45, 7) is 0.0515. The molecule has 33 heavy (non-hydrogen) atoms. The molecule has 1 saturated heterocycles. The molecule has 2 bridgehead atoms. The summed E-state index contributed by atoms with van der Waals surface area (Å²) >= 11 is 5.94. The molecule has 3 aliphatic heterocycles. The Kier molecular flexibility index (Phi) is 5.38. The molecule has 5 aliphatic rings. The molecule has 1 saturated carbocycles. The summed E-state index contributed by atoms with van der Waals surface area (Å²) < 4.78 is 13.1. The molecule has 2 N–H and O–H groups in total. The lowest BCUT2D eigenvalue weighted by molar-refractivity contribution is 0.143. The number of aryl methyl sites for hydroxylation is 1. The Morgan fingerprint density at radius 3 is 2.70 bits per heavy atom. The fraction of sp³-hybridized carbons (Fsp3) is 0.565. The van der Waals surface area contributed by atoms with E-state index >= 15 is 0 Å². The lowest BCUT2D eigenvalue weighted by Gasteiger charge is -2.51. The second kappa shape index (κ2) is 8.29. The SMILES string of the molecule is O=S1CCCCc2nc(N3C4C=C(c5ncc(Cl)cn5)CC3C4)nc(NC3(CO)CCC3)c21. The Labute approximate surface area is 200 Å². The van der Waals surface area contributed by atoms with Gasteiger partial charge in [0.15, 0.2) is 5.82 Å². The van der Waals surface area contributed by atoms with Crippen molar-refractivity contribution in [1.29, 1.82) is 0 Å². The molecule has 3 atom stereocenters. The molecular weight excluding hydrogens is 460 g/mol. The zero-order chi connectivity index (χ0) is 22.6. The van der Waals surface area contributed by atoms with Crippen molar-refractivity contribution in [1.82, 2.24) is 19.9 Å². The second-order valence-electron chi connectivity index (χ2n) is 9.56. The third-order valence-corrected chi connectivity index (χ3v) is 9.13. The van der Waals surface area contributed by atoms with Gasteiger partial charge in [-0.15, -0.1) is 0 Å². The average molecular weight is 487 g/mol. The van der Waals surface area contributed by atoms with Gasteiger partial charge < -0.3 is 15.3 Å². The second-order valence-corrected chi connectivity index (χ2v) is 11.5. The van der Waals surface area contributed by atoms with Crippen LogP contribution in [-0.4, -0.2) is 59.2 Å². The van der Waals surface area contributed by atoms with E-state index in [1.165, 1.54) is 0 Å². The van der Waals surface area contributed by atoms with Gasteiger partial charge in [-0.25, -0.2) is 15.0 Å². The topological polar surface area (TPSA) is 104 Å². The molecule has 2 fully saturated rings. The Morgan fingerprint density at radius 2 is 2.03 bits per heavy atom. The van der Waals surface area contributed by atoms with Gasteiger partial charge >= 0.3 is 0 Å². The van der Waals surface area contributed by atoms with E-state index in [0.717, 1.165) is 73.4 Å². The van der Waals surface area contributed by atoms with Crippen molar-refractivity contribution >= 4 is 39.7 Å². The minimum atomic E-state index is -1.13. The molecule has 0 radical (unpaired) electrons. The highest BCUT2D eigenvalue weighted by atomic mass is 35.5. The number of halogens is 1. The molecule has 7 rings (SSSR count). The zero-order valence-corrected chi connectivity index (χ0v) is 19.9. The van der Waals surface area contributed by atoms with Gasteiger partial charge in [0, 0.05) is 24.2 Å². The maximum absolute atomic E-state index is 13.1. The third-order valence-electron chi connectivity index (χ3n) is 7.39. The van der Waals surface area contributed by atoms with Crippen LogP contribution >= 0.6 is 11.6 Å². The zero-order valence-electron chi connectivity index (χ0n) is 18.3. The maximum atomic E-state index is 13.1. The fourth-order valence-electron chi connectivity index (χ4n) is 5.38. The van der Waals surface area contributed by atoms with E-state index in [1.807, 2.05) is 0 Å². The van der Waals surface area contributed by atoms with Crippen LogP contribution in [0.1, 0.15) is 56.5 Å². The van der Waals surface area contributed by atoms with Crippen molar-refractivity contribution in [3.8, 4) is 0 Å². The Morgan fingerprint density at radius 1 is 1.21 bits per heavy atom. The Bertz CT molecular complexity index is 1130. The molecule has 174 valence electrons. The van der Waals surface area contributed by atoms with Crippen LogP contribution in [0.25, 0.3) is 5.57 Å². The minimum absolute atomic E-state index is 0.0515. The van der Waals surface area contributed by atoms with Crippen molar-refractivity contribution in [3.05, 3.63) is 35.0 Å². The van der Waals surface area contributed by atoms with Crippen LogP contribution in [0.4, 0.5) is 11.8 Å². The summed E-state index contributed by atoms with van der Waals surface area (Å²) in [5.41, 5.74) is 1.66. The standard InChI is InChI=1S/C23H27ClN6O2S/c24-15-11-25-20(26-12-15)14-8-16-10-17(9-14)30(16)22-27-18-4-1-2-7-33(32)19(18)21(28-22)29-23(13-31)5-3-6-23/h8,11-12,16-17,31H,1-7,9-10,13H2,(H,27,28,29). The summed E-state index contributed by atoms with van der Waals surface area (Å²) in [6, 6.07) is 0.475. The van der Waals surface area contributed by atoms with Gasteiger partial charge in [-0.1, -0.05) is 17.7 Å². The van der Waals surface area contributed by atoms with E-state index in [2.05, 4.69) is 26.3 Å². The Balaban J connectivity index is 1.35. The van der Waals surface area contributed by atoms with E-state index in [1.54, 1.807) is 12.4 Å². The number of nitrogens with one attached hydrogen (secondary N) is 1. The Hall–Kier alpha value is -2.10. The molecule has 0 aromatic carbocycles. The van der Waals surface area contributed by atoms with Crippen molar-refractivity contribution in [2.75, 3.05) is 22.6 Å². The molecule has 3 unspecified atom stereocenters. The number of aromatic nitrogens is 4. The highest BCUT2D eigenvalue weighted by Gasteiger charge is 2.45. The first-order valence-corrected chi connectivity index (χ1v) is 13.4. The highest BCUT2D eigenvalue weighted by molar-refractivity contribution is 7.85. The summed E-state index contributed by atoms with van der Waals surface area (Å²) in [6.07, 6.45) is 12.9. The summed E-state index contributed by atoms with van der Waals surface area (Å²) in [5, 5.41) is 14.1. The predicted molar refractivity (Wildman–Crippen MR) is 128 cm³/mol. The van der Waals surface area contributed by atoms with Crippen LogP contribution in [-0.2, 0) is 17.2 Å². The van der Waals surface area contributed by atoms with Crippen LogP contribution < -0.4 is 10.2 Å². The van der Waals surface area contributed by atoms with Crippen LogP contribution in [0, 0.1) is 0 Å². The number of aliphatic hydroxyl groups is 1. The van der Waals surface area contributed by atoms with E-state index < -0.39 is 10.8 Å². The number of aliphatic hydroxyl groups excluding tert-OH is 1. The lowest BCUT2D eigenvalue weighted by Crippen LogP contribution is -2.58. The van der Waals surface area contributed by atoms with Gasteiger partial charge in [0.1, 0.15) is 10.7 Å². The first-order valence-electron chi connectivity index (χ1n) is 11.7. The van der Waals surface area contributed by atoms with Gasteiger partial charge in [-0.3, -0.25) is 4.21 Å². The number of rotatable bonds is 5.